The Morgan fingerprint density at radius 2 is 2.14 bits per heavy atom. The molecule has 144 valence electrons. The third-order valence-corrected chi connectivity index (χ3v) is 4.77. The van der Waals surface area contributed by atoms with Gasteiger partial charge in [0.2, 0.25) is 0 Å². The fourth-order valence-corrected chi connectivity index (χ4v) is 3.55. The van der Waals surface area contributed by atoms with Crippen molar-refractivity contribution in [2.75, 3.05) is 5.32 Å². The normalized spacial score (nSPS) is 16.1. The standard InChI is InChI=1S/C21H22N4O3/c1-3-10-25-18(8-9-22-25)16-12-17(20-19(26)11-13(2)28-21(20)27)24-15-7-5-4-6-14(15)23-16/h4-9,11,16,23,26H,3,10,12H2,1-2H3. The van der Waals surface area contributed by atoms with Gasteiger partial charge in [-0.3, -0.25) is 9.67 Å². The van der Waals surface area contributed by atoms with E-state index >= 15 is 0 Å². The van der Waals surface area contributed by atoms with E-state index in [1.807, 2.05) is 35.0 Å². The van der Waals surface area contributed by atoms with Crippen molar-refractivity contribution in [1.82, 2.24) is 9.78 Å². The highest BCUT2D eigenvalue weighted by Gasteiger charge is 2.27. The Balaban J connectivity index is 1.85. The first-order chi connectivity index (χ1) is 13.6. The summed E-state index contributed by atoms with van der Waals surface area (Å²) < 4.78 is 7.18. The van der Waals surface area contributed by atoms with Crippen LogP contribution >= 0.6 is 0 Å². The molecule has 0 saturated heterocycles. The summed E-state index contributed by atoms with van der Waals surface area (Å²) in [6.07, 6.45) is 3.14. The number of anilines is 1. The highest BCUT2D eigenvalue weighted by atomic mass is 16.4. The Hall–Kier alpha value is -3.35. The molecule has 1 unspecified atom stereocenters. The summed E-state index contributed by atoms with van der Waals surface area (Å²) >= 11 is 0. The summed E-state index contributed by atoms with van der Waals surface area (Å²) in [5.74, 6) is 0.240. The van der Waals surface area contributed by atoms with E-state index in [9.17, 15) is 9.90 Å². The van der Waals surface area contributed by atoms with E-state index in [0.717, 1.165) is 24.3 Å². The predicted octanol–water partition coefficient (Wildman–Crippen LogP) is 3.94. The van der Waals surface area contributed by atoms with Crippen molar-refractivity contribution in [3.63, 3.8) is 0 Å². The van der Waals surface area contributed by atoms with Gasteiger partial charge in [-0.25, -0.2) is 4.79 Å². The summed E-state index contributed by atoms with van der Waals surface area (Å²) in [6.45, 7) is 4.53. The zero-order valence-corrected chi connectivity index (χ0v) is 15.8. The highest BCUT2D eigenvalue weighted by molar-refractivity contribution is 6.05. The Kier molecular flexibility index (Phi) is 4.73. The second-order valence-corrected chi connectivity index (χ2v) is 6.86. The van der Waals surface area contributed by atoms with E-state index in [1.165, 1.54) is 6.07 Å². The first kappa shape index (κ1) is 18.0. The van der Waals surface area contributed by atoms with Gasteiger partial charge in [0.15, 0.2) is 0 Å². The molecule has 1 atom stereocenters. The Labute approximate surface area is 162 Å². The quantitative estimate of drug-likeness (QED) is 0.717. The maximum Gasteiger partial charge on any atom is 0.348 e. The smallest absolute Gasteiger partial charge is 0.348 e. The largest absolute Gasteiger partial charge is 0.507 e. The number of rotatable bonds is 4. The molecule has 0 saturated carbocycles. The molecule has 7 heteroatoms. The van der Waals surface area contributed by atoms with E-state index in [1.54, 1.807) is 13.1 Å². The summed E-state index contributed by atoms with van der Waals surface area (Å²) in [7, 11) is 0. The van der Waals surface area contributed by atoms with Crippen LogP contribution in [-0.2, 0) is 6.54 Å². The van der Waals surface area contributed by atoms with Crippen LogP contribution in [0.4, 0.5) is 11.4 Å². The minimum atomic E-state index is -0.587. The average molecular weight is 378 g/mol. The van der Waals surface area contributed by atoms with Gasteiger partial charge >= 0.3 is 5.63 Å². The molecule has 28 heavy (non-hydrogen) atoms. The number of aromatic nitrogens is 2. The van der Waals surface area contributed by atoms with E-state index in [-0.39, 0.29) is 17.4 Å². The molecular weight excluding hydrogens is 356 g/mol. The number of aromatic hydroxyl groups is 1. The summed E-state index contributed by atoms with van der Waals surface area (Å²) in [4.78, 5) is 17.2. The zero-order chi connectivity index (χ0) is 19.7. The van der Waals surface area contributed by atoms with Crippen LogP contribution in [0.25, 0.3) is 0 Å². The summed E-state index contributed by atoms with van der Waals surface area (Å²) in [5.41, 5.74) is 2.58. The molecule has 7 nitrogen and oxygen atoms in total. The molecule has 0 bridgehead atoms. The Bertz CT molecular complexity index is 1100. The van der Waals surface area contributed by atoms with E-state index in [4.69, 9.17) is 9.41 Å². The second kappa shape index (κ2) is 7.34. The molecule has 0 aliphatic carbocycles. The lowest BCUT2D eigenvalue weighted by Gasteiger charge is -2.20. The minimum absolute atomic E-state index is 0.107. The molecular formula is C21H22N4O3. The fraction of sp³-hybridized carbons (Fsp3) is 0.286. The number of nitrogens with one attached hydrogen (secondary N) is 1. The third kappa shape index (κ3) is 3.31. The van der Waals surface area contributed by atoms with Crippen molar-refractivity contribution in [3.8, 4) is 5.75 Å². The van der Waals surface area contributed by atoms with Crippen molar-refractivity contribution in [1.29, 1.82) is 0 Å². The lowest BCUT2D eigenvalue weighted by atomic mass is 10.0. The first-order valence-corrected chi connectivity index (χ1v) is 9.35. The molecule has 4 rings (SSSR count). The predicted molar refractivity (Wildman–Crippen MR) is 108 cm³/mol. The molecule has 3 aromatic rings. The van der Waals surface area contributed by atoms with Gasteiger partial charge in [-0.15, -0.1) is 0 Å². The molecule has 2 aromatic heterocycles. The van der Waals surface area contributed by atoms with Crippen molar-refractivity contribution in [2.24, 2.45) is 4.99 Å². The molecule has 3 heterocycles. The maximum atomic E-state index is 12.5. The molecule has 0 radical (unpaired) electrons. The van der Waals surface area contributed by atoms with Crippen LogP contribution in [0.5, 0.6) is 5.75 Å². The van der Waals surface area contributed by atoms with Gasteiger partial charge in [-0.2, -0.15) is 5.10 Å². The van der Waals surface area contributed by atoms with Crippen molar-refractivity contribution >= 4 is 17.1 Å². The molecule has 0 amide bonds. The zero-order valence-electron chi connectivity index (χ0n) is 15.8. The van der Waals surface area contributed by atoms with Crippen LogP contribution in [-0.4, -0.2) is 20.6 Å². The lowest BCUT2D eigenvalue weighted by Crippen LogP contribution is -2.22. The molecule has 0 fully saturated rings. The second-order valence-electron chi connectivity index (χ2n) is 6.86. The van der Waals surface area contributed by atoms with E-state index < -0.39 is 5.63 Å². The number of hydrogen-bond acceptors (Lipinski definition) is 6. The molecule has 1 aliphatic rings. The van der Waals surface area contributed by atoms with Gasteiger partial charge < -0.3 is 14.8 Å². The number of nitrogens with zero attached hydrogens (tertiary/aromatic N) is 3. The highest BCUT2D eigenvalue weighted by Crippen LogP contribution is 2.36. The number of aryl methyl sites for hydroxylation is 2. The maximum absolute atomic E-state index is 12.5. The summed E-state index contributed by atoms with van der Waals surface area (Å²) in [5, 5.41) is 18.4. The summed E-state index contributed by atoms with van der Waals surface area (Å²) in [6, 6.07) is 10.9. The molecule has 2 N–H and O–H groups in total. The van der Waals surface area contributed by atoms with E-state index in [2.05, 4.69) is 17.3 Å². The van der Waals surface area contributed by atoms with Crippen LogP contribution in [0.2, 0.25) is 0 Å². The van der Waals surface area contributed by atoms with E-state index in [0.29, 0.717) is 23.6 Å². The van der Waals surface area contributed by atoms with Crippen molar-refractivity contribution in [2.45, 2.75) is 39.3 Å². The van der Waals surface area contributed by atoms with Crippen LogP contribution in [0.1, 0.15) is 42.8 Å². The van der Waals surface area contributed by atoms with Crippen LogP contribution in [0.3, 0.4) is 0 Å². The number of fused-ring (bicyclic) bond motifs is 1. The first-order valence-electron chi connectivity index (χ1n) is 9.35. The Morgan fingerprint density at radius 3 is 2.93 bits per heavy atom. The number of benzene rings is 1. The number of para-hydroxylation sites is 2. The molecule has 1 aliphatic heterocycles. The van der Waals surface area contributed by atoms with Crippen molar-refractivity contribution in [3.05, 3.63) is 70.0 Å². The molecule has 0 spiro atoms. The monoisotopic (exact) mass is 378 g/mol. The lowest BCUT2D eigenvalue weighted by molar-refractivity contribution is 0.432. The Morgan fingerprint density at radius 1 is 1.32 bits per heavy atom. The van der Waals surface area contributed by atoms with Gasteiger partial charge in [-0.1, -0.05) is 19.1 Å². The average Bonchev–Trinajstić information content (AvgIpc) is 3.01. The fourth-order valence-electron chi connectivity index (χ4n) is 3.55. The minimum Gasteiger partial charge on any atom is -0.507 e. The topological polar surface area (TPSA) is 92.6 Å². The van der Waals surface area contributed by atoms with Crippen LogP contribution < -0.4 is 10.9 Å². The third-order valence-electron chi connectivity index (χ3n) is 4.77. The number of aliphatic imine (C=N–C) groups is 1. The SMILES string of the molecule is CCCn1nccc1C1CC(c2c(O)cc(C)oc2=O)=Nc2ccccc2N1. The van der Waals surface area contributed by atoms with Gasteiger partial charge in [0.05, 0.1) is 28.8 Å². The van der Waals surface area contributed by atoms with Gasteiger partial charge in [-0.05, 0) is 31.5 Å². The number of hydrogen-bond donors (Lipinski definition) is 2. The van der Waals surface area contributed by atoms with Gasteiger partial charge in [0, 0.05) is 25.2 Å². The van der Waals surface area contributed by atoms with Crippen molar-refractivity contribution < 1.29 is 9.52 Å². The van der Waals surface area contributed by atoms with Gasteiger partial charge in [0.1, 0.15) is 17.1 Å². The van der Waals surface area contributed by atoms with Crippen LogP contribution in [0, 0.1) is 6.92 Å². The van der Waals surface area contributed by atoms with Gasteiger partial charge in [0.25, 0.3) is 0 Å². The molecule has 1 aromatic carbocycles. The van der Waals surface area contributed by atoms with Crippen LogP contribution in [0.15, 0.2) is 56.8 Å².